The molecule has 1 atom stereocenters. The molecule has 26 heavy (non-hydrogen) atoms. The Morgan fingerprint density at radius 3 is 2.62 bits per heavy atom. The zero-order chi connectivity index (χ0) is 18.7. The quantitative estimate of drug-likeness (QED) is 0.827. The van der Waals surface area contributed by atoms with E-state index in [4.69, 9.17) is 9.47 Å². The summed E-state index contributed by atoms with van der Waals surface area (Å²) in [5.41, 5.74) is 0.922. The van der Waals surface area contributed by atoms with Gasteiger partial charge in [-0.1, -0.05) is 6.07 Å². The zero-order valence-electron chi connectivity index (χ0n) is 14.6. The molecule has 138 valence electrons. The first-order chi connectivity index (χ1) is 12.5. The Hall–Kier alpha value is -2.67. The summed E-state index contributed by atoms with van der Waals surface area (Å²) in [6.45, 7) is 0. The number of aliphatic hydroxyl groups is 1. The van der Waals surface area contributed by atoms with E-state index in [2.05, 4.69) is 10.3 Å². The molecule has 0 aliphatic heterocycles. The summed E-state index contributed by atoms with van der Waals surface area (Å²) in [7, 11) is 2.96. The number of aliphatic hydroxyl groups excluding tert-OH is 1. The number of ether oxygens (including phenoxy) is 2. The molecule has 0 radical (unpaired) electrons. The maximum Gasteiger partial charge on any atom is 0.255 e. The van der Waals surface area contributed by atoms with Crippen molar-refractivity contribution < 1.29 is 23.8 Å². The van der Waals surface area contributed by atoms with Crippen molar-refractivity contribution in [3.05, 3.63) is 53.5 Å². The normalized spacial score (nSPS) is 20.0. The van der Waals surface area contributed by atoms with Crippen LogP contribution in [0.1, 0.15) is 34.8 Å². The van der Waals surface area contributed by atoms with Crippen LogP contribution in [0.4, 0.5) is 4.39 Å². The first-order valence-corrected chi connectivity index (χ1v) is 8.34. The molecule has 1 heterocycles. The predicted octanol–water partition coefficient (Wildman–Crippen LogP) is 2.48. The fraction of sp³-hybridized carbons (Fsp3) is 0.368. The molecule has 1 fully saturated rings. The van der Waals surface area contributed by atoms with Gasteiger partial charge in [0.1, 0.15) is 11.6 Å². The molecular formula is C19H21FN2O4. The number of pyridine rings is 1. The zero-order valence-corrected chi connectivity index (χ0v) is 14.6. The van der Waals surface area contributed by atoms with Crippen LogP contribution in [0.5, 0.6) is 11.6 Å². The third-order valence-electron chi connectivity index (χ3n) is 4.64. The lowest BCUT2D eigenvalue weighted by Crippen LogP contribution is -2.41. The Balaban J connectivity index is 1.85. The number of nitrogens with one attached hydrogen (secondary N) is 1. The van der Waals surface area contributed by atoms with Crippen molar-refractivity contribution in [3.8, 4) is 11.6 Å². The molecule has 0 spiro atoms. The molecular weight excluding hydrogens is 339 g/mol. The molecule has 1 aromatic heterocycles. The number of carbonyl (C=O) groups is 1. The second kappa shape index (κ2) is 7.70. The van der Waals surface area contributed by atoms with Crippen LogP contribution in [0.15, 0.2) is 36.5 Å². The van der Waals surface area contributed by atoms with Crippen molar-refractivity contribution in [1.82, 2.24) is 10.3 Å². The van der Waals surface area contributed by atoms with Crippen LogP contribution in [-0.4, -0.2) is 36.3 Å². The summed E-state index contributed by atoms with van der Waals surface area (Å²) in [5, 5.41) is 12.6. The monoisotopic (exact) mass is 360 g/mol. The smallest absolute Gasteiger partial charge is 0.255 e. The molecule has 1 aliphatic carbocycles. The van der Waals surface area contributed by atoms with Gasteiger partial charge in [0, 0.05) is 12.3 Å². The number of hydrogen-bond donors (Lipinski definition) is 2. The van der Waals surface area contributed by atoms with E-state index in [-0.39, 0.29) is 23.6 Å². The number of nitrogens with zero attached hydrogens (tertiary/aromatic N) is 1. The minimum Gasteiger partial charge on any atom is -0.496 e. The van der Waals surface area contributed by atoms with Gasteiger partial charge in [0.05, 0.1) is 31.9 Å². The van der Waals surface area contributed by atoms with Crippen molar-refractivity contribution in [2.24, 2.45) is 5.92 Å². The molecule has 1 aromatic carbocycles. The highest BCUT2D eigenvalue weighted by Crippen LogP contribution is 2.38. The molecule has 0 unspecified atom stereocenters. The van der Waals surface area contributed by atoms with Crippen LogP contribution < -0.4 is 14.8 Å². The SMILES string of the molecule is COc1ccc([C@H](NC(=O)c2cc(F)ccc2OC)C2CC(O)C2)cn1. The minimum atomic E-state index is -0.516. The van der Waals surface area contributed by atoms with Gasteiger partial charge >= 0.3 is 0 Å². The van der Waals surface area contributed by atoms with Crippen LogP contribution in [0, 0.1) is 11.7 Å². The number of methoxy groups -OCH3 is 2. The van der Waals surface area contributed by atoms with Crippen LogP contribution in [0.25, 0.3) is 0 Å². The van der Waals surface area contributed by atoms with Gasteiger partial charge in [0.15, 0.2) is 0 Å². The first-order valence-electron chi connectivity index (χ1n) is 8.34. The van der Waals surface area contributed by atoms with Crippen LogP contribution in [-0.2, 0) is 0 Å². The number of halogens is 1. The molecule has 7 heteroatoms. The third kappa shape index (κ3) is 3.77. The first kappa shape index (κ1) is 18.1. The number of aromatic nitrogens is 1. The highest BCUT2D eigenvalue weighted by molar-refractivity contribution is 5.97. The lowest BCUT2D eigenvalue weighted by molar-refractivity contribution is 0.0234. The summed E-state index contributed by atoms with van der Waals surface area (Å²) < 4.78 is 23.8. The number of amides is 1. The van der Waals surface area contributed by atoms with E-state index >= 15 is 0 Å². The fourth-order valence-electron chi connectivity index (χ4n) is 3.15. The van der Waals surface area contributed by atoms with Gasteiger partial charge in [-0.3, -0.25) is 4.79 Å². The van der Waals surface area contributed by atoms with Gasteiger partial charge in [-0.15, -0.1) is 0 Å². The van der Waals surface area contributed by atoms with Crippen molar-refractivity contribution in [2.45, 2.75) is 25.0 Å². The van der Waals surface area contributed by atoms with E-state index in [1.807, 2.05) is 6.07 Å². The predicted molar refractivity (Wildman–Crippen MR) is 92.7 cm³/mol. The molecule has 1 amide bonds. The molecule has 1 saturated carbocycles. The third-order valence-corrected chi connectivity index (χ3v) is 4.64. The maximum atomic E-state index is 13.6. The Morgan fingerprint density at radius 2 is 2.04 bits per heavy atom. The molecule has 2 N–H and O–H groups in total. The standard InChI is InChI=1S/C19H21FN2O4/c1-25-16-5-4-13(20)9-15(16)19(24)22-18(12-7-14(23)8-12)11-3-6-17(26-2)21-10-11/h3-6,9-10,12,14,18,23H,7-8H2,1-2H3,(H,22,24)/t12?,14?,18-/m0/s1. The molecule has 0 bridgehead atoms. The topological polar surface area (TPSA) is 80.7 Å². The molecule has 1 aliphatic rings. The summed E-state index contributed by atoms with van der Waals surface area (Å²) in [4.78, 5) is 16.9. The lowest BCUT2D eigenvalue weighted by Gasteiger charge is -2.38. The van der Waals surface area contributed by atoms with Gasteiger partial charge in [-0.25, -0.2) is 9.37 Å². The molecule has 3 rings (SSSR count). The van der Waals surface area contributed by atoms with Crippen LogP contribution >= 0.6 is 0 Å². The Bertz CT molecular complexity index is 776. The maximum absolute atomic E-state index is 13.6. The fourth-order valence-corrected chi connectivity index (χ4v) is 3.15. The Labute approximate surface area is 151 Å². The van der Waals surface area contributed by atoms with Gasteiger partial charge in [0.25, 0.3) is 5.91 Å². The molecule has 6 nitrogen and oxygen atoms in total. The number of carbonyl (C=O) groups excluding carboxylic acids is 1. The van der Waals surface area contributed by atoms with Gasteiger partial charge in [-0.05, 0) is 42.5 Å². The second-order valence-corrected chi connectivity index (χ2v) is 6.31. The van der Waals surface area contributed by atoms with E-state index < -0.39 is 11.7 Å². The van der Waals surface area contributed by atoms with Crippen molar-refractivity contribution in [1.29, 1.82) is 0 Å². The van der Waals surface area contributed by atoms with Crippen LogP contribution in [0.3, 0.4) is 0 Å². The highest BCUT2D eigenvalue weighted by Gasteiger charge is 2.36. The van der Waals surface area contributed by atoms with Gasteiger partial charge < -0.3 is 19.9 Å². The Kier molecular flexibility index (Phi) is 5.37. The lowest BCUT2D eigenvalue weighted by atomic mass is 9.75. The highest BCUT2D eigenvalue weighted by atomic mass is 19.1. The summed E-state index contributed by atoms with van der Waals surface area (Å²) in [6.07, 6.45) is 2.43. The van der Waals surface area contributed by atoms with Crippen LogP contribution in [0.2, 0.25) is 0 Å². The van der Waals surface area contributed by atoms with E-state index in [9.17, 15) is 14.3 Å². The van der Waals surface area contributed by atoms with E-state index in [1.54, 1.807) is 12.3 Å². The van der Waals surface area contributed by atoms with E-state index in [1.165, 1.54) is 26.4 Å². The largest absolute Gasteiger partial charge is 0.496 e. The summed E-state index contributed by atoms with van der Waals surface area (Å²) in [5.74, 6) is -0.117. The number of rotatable bonds is 6. The van der Waals surface area contributed by atoms with Gasteiger partial charge in [0.2, 0.25) is 5.88 Å². The molecule has 2 aromatic rings. The van der Waals surface area contributed by atoms with E-state index in [0.29, 0.717) is 24.5 Å². The number of benzene rings is 1. The van der Waals surface area contributed by atoms with Crippen molar-refractivity contribution in [3.63, 3.8) is 0 Å². The summed E-state index contributed by atoms with van der Waals surface area (Å²) in [6, 6.07) is 6.99. The Morgan fingerprint density at radius 1 is 1.27 bits per heavy atom. The molecule has 0 saturated heterocycles. The van der Waals surface area contributed by atoms with E-state index in [0.717, 1.165) is 11.6 Å². The van der Waals surface area contributed by atoms with Gasteiger partial charge in [-0.2, -0.15) is 0 Å². The minimum absolute atomic E-state index is 0.0729. The average Bonchev–Trinajstić information content (AvgIpc) is 2.63. The average molecular weight is 360 g/mol. The number of hydrogen-bond acceptors (Lipinski definition) is 5. The summed E-state index contributed by atoms with van der Waals surface area (Å²) >= 11 is 0. The van der Waals surface area contributed by atoms with Crippen molar-refractivity contribution >= 4 is 5.91 Å². The van der Waals surface area contributed by atoms with Crippen molar-refractivity contribution in [2.75, 3.05) is 14.2 Å². The second-order valence-electron chi connectivity index (χ2n) is 6.31.